The quantitative estimate of drug-likeness (QED) is 0.519. The fourth-order valence-corrected chi connectivity index (χ4v) is 3.26. The number of unbranched alkanes of at least 4 members (excludes halogenated alkanes) is 2. The second-order valence-electron chi connectivity index (χ2n) is 7.45. The molecule has 1 aliphatic heterocycles. The zero-order chi connectivity index (χ0) is 15.7. The minimum atomic E-state index is -0.0414. The summed E-state index contributed by atoms with van der Waals surface area (Å²) in [6, 6.07) is 0. The summed E-state index contributed by atoms with van der Waals surface area (Å²) >= 11 is 0. The highest BCUT2D eigenvalue weighted by atomic mass is 16.5. The molecule has 0 aromatic carbocycles. The highest BCUT2D eigenvalue weighted by Crippen LogP contribution is 2.34. The fourth-order valence-electron chi connectivity index (χ4n) is 3.26. The number of hydrogen-bond acceptors (Lipinski definition) is 3. The van der Waals surface area contributed by atoms with Crippen molar-refractivity contribution < 1.29 is 9.53 Å². The molecule has 0 radical (unpaired) electrons. The van der Waals surface area contributed by atoms with Gasteiger partial charge in [-0.3, -0.25) is 4.79 Å². The largest absolute Gasteiger partial charge is 0.466 e. The van der Waals surface area contributed by atoms with Crippen molar-refractivity contribution in [3.63, 3.8) is 0 Å². The Morgan fingerprint density at radius 3 is 2.57 bits per heavy atom. The number of nitrogens with zero attached hydrogens (tertiary/aromatic N) is 1. The van der Waals surface area contributed by atoms with Crippen LogP contribution in [0.15, 0.2) is 0 Å². The van der Waals surface area contributed by atoms with E-state index in [1.165, 1.54) is 45.3 Å². The van der Waals surface area contributed by atoms with Gasteiger partial charge in [0.05, 0.1) is 6.61 Å². The Morgan fingerprint density at radius 2 is 1.90 bits per heavy atom. The normalized spacial score (nSPS) is 21.0. The van der Waals surface area contributed by atoms with E-state index in [0.717, 1.165) is 18.8 Å². The summed E-state index contributed by atoms with van der Waals surface area (Å²) in [6.07, 6.45) is 7.95. The van der Waals surface area contributed by atoms with Crippen LogP contribution in [-0.2, 0) is 9.53 Å². The van der Waals surface area contributed by atoms with E-state index in [1.54, 1.807) is 0 Å². The summed E-state index contributed by atoms with van der Waals surface area (Å²) in [5.41, 5.74) is 0.454. The molecule has 1 unspecified atom stereocenters. The van der Waals surface area contributed by atoms with Gasteiger partial charge in [0.2, 0.25) is 0 Å². The third kappa shape index (κ3) is 7.85. The smallest absolute Gasteiger partial charge is 0.305 e. The highest BCUT2D eigenvalue weighted by Gasteiger charge is 2.26. The van der Waals surface area contributed by atoms with Crippen LogP contribution in [0.4, 0.5) is 0 Å². The Kier molecular flexibility index (Phi) is 8.31. The zero-order valence-corrected chi connectivity index (χ0v) is 14.6. The first-order chi connectivity index (χ1) is 9.93. The predicted molar refractivity (Wildman–Crippen MR) is 88.3 cm³/mol. The standard InChI is InChI=1S/C18H35NO2/c1-5-21-17(20)11-7-6-8-13-19-14-9-10-16(12-15-19)18(2,3)4/h16H,5-15H2,1-4H3. The molecule has 21 heavy (non-hydrogen) atoms. The van der Waals surface area contributed by atoms with Crippen LogP contribution >= 0.6 is 0 Å². The lowest BCUT2D eigenvalue weighted by atomic mass is 9.77. The summed E-state index contributed by atoms with van der Waals surface area (Å²) in [6.45, 7) is 13.2. The van der Waals surface area contributed by atoms with Gasteiger partial charge in [0, 0.05) is 6.42 Å². The Morgan fingerprint density at radius 1 is 1.14 bits per heavy atom. The molecule has 0 N–H and O–H groups in total. The Labute approximate surface area is 131 Å². The van der Waals surface area contributed by atoms with Gasteiger partial charge >= 0.3 is 5.97 Å². The van der Waals surface area contributed by atoms with Crippen molar-refractivity contribution in [2.75, 3.05) is 26.2 Å². The van der Waals surface area contributed by atoms with E-state index in [2.05, 4.69) is 25.7 Å². The van der Waals surface area contributed by atoms with Crippen LogP contribution in [0.5, 0.6) is 0 Å². The van der Waals surface area contributed by atoms with E-state index in [1.807, 2.05) is 6.92 Å². The minimum absolute atomic E-state index is 0.0414. The monoisotopic (exact) mass is 297 g/mol. The molecule has 0 bridgehead atoms. The van der Waals surface area contributed by atoms with Gasteiger partial charge in [-0.05, 0) is 70.0 Å². The molecule has 0 aromatic rings. The highest BCUT2D eigenvalue weighted by molar-refractivity contribution is 5.69. The number of carbonyl (C=O) groups is 1. The summed E-state index contributed by atoms with van der Waals surface area (Å²) in [4.78, 5) is 13.9. The molecule has 0 spiro atoms. The lowest BCUT2D eigenvalue weighted by Gasteiger charge is -2.29. The molecule has 1 saturated heterocycles. The summed E-state index contributed by atoms with van der Waals surface area (Å²) in [7, 11) is 0. The van der Waals surface area contributed by atoms with Crippen LogP contribution in [0.1, 0.15) is 72.6 Å². The van der Waals surface area contributed by atoms with Crippen LogP contribution < -0.4 is 0 Å². The van der Waals surface area contributed by atoms with Crippen molar-refractivity contribution in [1.82, 2.24) is 4.90 Å². The first-order valence-electron chi connectivity index (χ1n) is 8.81. The average Bonchev–Trinajstić information content (AvgIpc) is 2.64. The molecule has 1 aliphatic rings. The second kappa shape index (κ2) is 9.45. The van der Waals surface area contributed by atoms with E-state index in [0.29, 0.717) is 18.4 Å². The number of hydrogen-bond donors (Lipinski definition) is 0. The number of esters is 1. The Hall–Kier alpha value is -0.570. The van der Waals surface area contributed by atoms with E-state index in [9.17, 15) is 4.79 Å². The summed E-state index contributed by atoms with van der Waals surface area (Å²) < 4.78 is 4.95. The molecule has 1 rings (SSSR count). The van der Waals surface area contributed by atoms with E-state index >= 15 is 0 Å². The SMILES string of the molecule is CCOC(=O)CCCCCN1CCCC(C(C)(C)C)CC1. The van der Waals surface area contributed by atoms with Crippen LogP contribution in [0, 0.1) is 11.3 Å². The van der Waals surface area contributed by atoms with Gasteiger partial charge in [-0.2, -0.15) is 0 Å². The van der Waals surface area contributed by atoms with Gasteiger partial charge in [-0.15, -0.1) is 0 Å². The van der Waals surface area contributed by atoms with Crippen LogP contribution in [0.25, 0.3) is 0 Å². The molecule has 3 nitrogen and oxygen atoms in total. The van der Waals surface area contributed by atoms with Gasteiger partial charge in [0.15, 0.2) is 0 Å². The molecule has 0 aliphatic carbocycles. The average molecular weight is 297 g/mol. The molecule has 1 fully saturated rings. The van der Waals surface area contributed by atoms with Gasteiger partial charge in [-0.25, -0.2) is 0 Å². The molecule has 124 valence electrons. The maximum atomic E-state index is 11.3. The summed E-state index contributed by atoms with van der Waals surface area (Å²) in [5, 5.41) is 0. The number of ether oxygens (including phenoxy) is 1. The predicted octanol–water partition coefficient (Wildman–Crippen LogP) is 4.26. The Balaban J connectivity index is 2.12. The third-order valence-electron chi connectivity index (χ3n) is 4.71. The molecule has 0 aromatic heterocycles. The first kappa shape index (κ1) is 18.5. The number of likely N-dealkylation sites (tertiary alicyclic amines) is 1. The molecule has 1 atom stereocenters. The lowest BCUT2D eigenvalue weighted by molar-refractivity contribution is -0.143. The zero-order valence-electron chi connectivity index (χ0n) is 14.6. The van der Waals surface area contributed by atoms with Crippen LogP contribution in [0.2, 0.25) is 0 Å². The molecular formula is C18H35NO2. The Bertz CT molecular complexity index is 296. The van der Waals surface area contributed by atoms with Gasteiger partial charge in [0.1, 0.15) is 0 Å². The van der Waals surface area contributed by atoms with Gasteiger partial charge < -0.3 is 9.64 Å². The molecule has 3 heteroatoms. The molecule has 0 amide bonds. The van der Waals surface area contributed by atoms with Gasteiger partial charge in [0.25, 0.3) is 0 Å². The van der Waals surface area contributed by atoms with Crippen molar-refractivity contribution in [1.29, 1.82) is 0 Å². The topological polar surface area (TPSA) is 29.5 Å². The first-order valence-corrected chi connectivity index (χ1v) is 8.81. The van der Waals surface area contributed by atoms with Crippen LogP contribution in [0.3, 0.4) is 0 Å². The molecule has 1 heterocycles. The number of rotatable bonds is 7. The van der Waals surface area contributed by atoms with Crippen molar-refractivity contribution in [3.8, 4) is 0 Å². The second-order valence-corrected chi connectivity index (χ2v) is 7.45. The maximum Gasteiger partial charge on any atom is 0.305 e. The van der Waals surface area contributed by atoms with Crippen molar-refractivity contribution in [2.24, 2.45) is 11.3 Å². The maximum absolute atomic E-state index is 11.3. The van der Waals surface area contributed by atoms with Crippen LogP contribution in [-0.4, -0.2) is 37.1 Å². The minimum Gasteiger partial charge on any atom is -0.466 e. The van der Waals surface area contributed by atoms with Crippen molar-refractivity contribution in [2.45, 2.75) is 72.6 Å². The molecular weight excluding hydrogens is 262 g/mol. The lowest BCUT2D eigenvalue weighted by Crippen LogP contribution is -2.27. The van der Waals surface area contributed by atoms with E-state index < -0.39 is 0 Å². The fraction of sp³-hybridized carbons (Fsp3) is 0.944. The van der Waals surface area contributed by atoms with Crippen molar-refractivity contribution in [3.05, 3.63) is 0 Å². The third-order valence-corrected chi connectivity index (χ3v) is 4.71. The summed E-state index contributed by atoms with van der Waals surface area (Å²) in [5.74, 6) is 0.826. The van der Waals surface area contributed by atoms with Crippen molar-refractivity contribution >= 4 is 5.97 Å². The van der Waals surface area contributed by atoms with E-state index in [-0.39, 0.29) is 5.97 Å². The van der Waals surface area contributed by atoms with Gasteiger partial charge in [-0.1, -0.05) is 27.2 Å². The number of carbonyl (C=O) groups excluding carboxylic acids is 1. The van der Waals surface area contributed by atoms with E-state index in [4.69, 9.17) is 4.74 Å². The molecule has 0 saturated carbocycles.